The van der Waals surface area contributed by atoms with Crippen LogP contribution in [0.3, 0.4) is 0 Å². The van der Waals surface area contributed by atoms with Crippen LogP contribution in [0, 0.1) is 10.1 Å². The topological polar surface area (TPSA) is 75.5 Å². The molecule has 0 amide bonds. The number of halogens is 3. The van der Waals surface area contributed by atoms with Crippen molar-refractivity contribution in [1.82, 2.24) is 5.32 Å². The molecule has 6 nitrogen and oxygen atoms in total. The van der Waals surface area contributed by atoms with Crippen LogP contribution in [0.5, 0.6) is 0 Å². The van der Waals surface area contributed by atoms with Gasteiger partial charge in [0.1, 0.15) is 5.69 Å². The highest BCUT2D eigenvalue weighted by Gasteiger charge is 2.31. The van der Waals surface area contributed by atoms with Crippen LogP contribution in [0.4, 0.5) is 24.5 Å². The summed E-state index contributed by atoms with van der Waals surface area (Å²) in [4.78, 5) is 23.8. The molecule has 1 fully saturated rings. The van der Waals surface area contributed by atoms with E-state index in [2.05, 4.69) is 5.32 Å². The lowest BCUT2D eigenvalue weighted by Crippen LogP contribution is -2.48. The Hall–Kier alpha value is -2.16. The van der Waals surface area contributed by atoms with Gasteiger partial charge in [-0.2, -0.15) is 13.2 Å². The zero-order valence-electron chi connectivity index (χ0n) is 13.1. The van der Waals surface area contributed by atoms with Gasteiger partial charge in [-0.1, -0.05) is 0 Å². The van der Waals surface area contributed by atoms with Crippen molar-refractivity contribution in [2.45, 2.75) is 32.0 Å². The number of carbonyl (C=O) groups excluding carboxylic acids is 1. The van der Waals surface area contributed by atoms with Crippen LogP contribution in [0.2, 0.25) is 0 Å². The molecule has 1 aliphatic rings. The summed E-state index contributed by atoms with van der Waals surface area (Å²) in [6.45, 7) is 0.994. The number of hydrogen-bond acceptors (Lipinski definition) is 5. The van der Waals surface area contributed by atoms with Crippen molar-refractivity contribution < 1.29 is 22.9 Å². The number of nitrogens with zero attached hydrogens (tertiary/aromatic N) is 2. The molecule has 24 heavy (non-hydrogen) atoms. The molecule has 2 rings (SSSR count). The molecule has 1 aromatic rings. The Morgan fingerprint density at radius 2 is 2.17 bits per heavy atom. The van der Waals surface area contributed by atoms with E-state index in [1.54, 1.807) is 4.90 Å². The monoisotopic (exact) mass is 345 g/mol. The molecule has 1 aromatic carbocycles. The van der Waals surface area contributed by atoms with Crippen molar-refractivity contribution in [3.8, 4) is 0 Å². The van der Waals surface area contributed by atoms with Crippen molar-refractivity contribution in [1.29, 1.82) is 0 Å². The molecule has 1 aliphatic heterocycles. The molecule has 1 atom stereocenters. The minimum atomic E-state index is -4.29. The zero-order valence-corrected chi connectivity index (χ0v) is 13.1. The molecule has 0 radical (unpaired) electrons. The fraction of sp³-hybridized carbons (Fsp3) is 0.533. The Kier molecular flexibility index (Phi) is 5.43. The Morgan fingerprint density at radius 1 is 1.46 bits per heavy atom. The van der Waals surface area contributed by atoms with Crippen LogP contribution in [-0.4, -0.2) is 42.6 Å². The summed E-state index contributed by atoms with van der Waals surface area (Å²) in [5.41, 5.74) is 0.344. The third-order valence-corrected chi connectivity index (χ3v) is 3.93. The zero-order chi connectivity index (χ0) is 17.9. The quantitative estimate of drug-likeness (QED) is 0.504. The highest BCUT2D eigenvalue weighted by molar-refractivity contribution is 5.95. The third-order valence-electron chi connectivity index (χ3n) is 3.93. The highest BCUT2D eigenvalue weighted by atomic mass is 19.4. The number of hydrogen-bond donors (Lipinski definition) is 1. The molecule has 9 heteroatoms. The van der Waals surface area contributed by atoms with Gasteiger partial charge in [-0.3, -0.25) is 14.9 Å². The van der Waals surface area contributed by atoms with E-state index in [4.69, 9.17) is 0 Å². The molecular formula is C15H18F3N3O3. The molecule has 0 aromatic heterocycles. The number of benzene rings is 1. The average Bonchev–Trinajstić information content (AvgIpc) is 2.52. The Bertz CT molecular complexity index is 634. The number of anilines is 1. The maximum atomic E-state index is 12.3. The average molecular weight is 345 g/mol. The molecular weight excluding hydrogens is 327 g/mol. The van der Waals surface area contributed by atoms with Crippen molar-refractivity contribution in [2.75, 3.05) is 24.5 Å². The van der Waals surface area contributed by atoms with Gasteiger partial charge in [0, 0.05) is 30.8 Å². The van der Waals surface area contributed by atoms with Crippen molar-refractivity contribution in [3.63, 3.8) is 0 Å². The van der Waals surface area contributed by atoms with Gasteiger partial charge in [-0.15, -0.1) is 0 Å². The second-order valence-electron chi connectivity index (χ2n) is 5.80. The SMILES string of the molecule is CC(=O)c1ccc(N2CCCC(NCC(F)(F)F)C2)c([N+](=O)[O-])c1. The number of Topliss-reactive ketones (excluding diaryl/α,β-unsaturated/α-hetero) is 1. The summed E-state index contributed by atoms with van der Waals surface area (Å²) < 4.78 is 37.0. The number of piperidine rings is 1. The molecule has 132 valence electrons. The first kappa shape index (κ1) is 18.2. The van der Waals surface area contributed by atoms with Gasteiger partial charge in [0.2, 0.25) is 0 Å². The van der Waals surface area contributed by atoms with E-state index >= 15 is 0 Å². The van der Waals surface area contributed by atoms with E-state index in [9.17, 15) is 28.1 Å². The van der Waals surface area contributed by atoms with E-state index in [0.29, 0.717) is 25.1 Å². The van der Waals surface area contributed by atoms with Crippen LogP contribution >= 0.6 is 0 Å². The van der Waals surface area contributed by atoms with Gasteiger partial charge in [0.15, 0.2) is 5.78 Å². The van der Waals surface area contributed by atoms with Crippen LogP contribution < -0.4 is 10.2 Å². The summed E-state index contributed by atoms with van der Waals surface area (Å²) in [5.74, 6) is -0.284. The first-order valence-corrected chi connectivity index (χ1v) is 7.52. The van der Waals surface area contributed by atoms with Gasteiger partial charge in [0.05, 0.1) is 11.5 Å². The maximum absolute atomic E-state index is 12.3. The number of alkyl halides is 3. The molecule has 0 saturated carbocycles. The standard InChI is InChI=1S/C15H18F3N3O3/c1-10(22)11-4-5-13(14(7-11)21(23)24)20-6-2-3-12(8-20)19-9-15(16,17)18/h4-5,7,12,19H,2-3,6,8-9H2,1H3. The fourth-order valence-electron chi connectivity index (χ4n) is 2.78. The van der Waals surface area contributed by atoms with Crippen LogP contribution in [0.1, 0.15) is 30.1 Å². The highest BCUT2D eigenvalue weighted by Crippen LogP contribution is 2.31. The van der Waals surface area contributed by atoms with E-state index < -0.39 is 23.7 Å². The van der Waals surface area contributed by atoms with E-state index in [1.807, 2.05) is 0 Å². The lowest BCUT2D eigenvalue weighted by Gasteiger charge is -2.34. The summed E-state index contributed by atoms with van der Waals surface area (Å²) in [6.07, 6.45) is -3.09. The predicted molar refractivity (Wildman–Crippen MR) is 82.4 cm³/mol. The fourth-order valence-corrected chi connectivity index (χ4v) is 2.78. The number of carbonyl (C=O) groups is 1. The first-order chi connectivity index (χ1) is 11.2. The van der Waals surface area contributed by atoms with Gasteiger partial charge in [-0.05, 0) is 31.9 Å². The minimum Gasteiger partial charge on any atom is -0.364 e. The Balaban J connectivity index is 2.18. The van der Waals surface area contributed by atoms with Crippen molar-refractivity contribution >= 4 is 17.2 Å². The smallest absolute Gasteiger partial charge is 0.364 e. The largest absolute Gasteiger partial charge is 0.401 e. The molecule has 1 unspecified atom stereocenters. The second kappa shape index (κ2) is 7.16. The minimum absolute atomic E-state index is 0.209. The van der Waals surface area contributed by atoms with E-state index in [1.165, 1.54) is 25.1 Å². The summed E-state index contributed by atoms with van der Waals surface area (Å²) >= 11 is 0. The van der Waals surface area contributed by atoms with Crippen molar-refractivity contribution in [3.05, 3.63) is 33.9 Å². The molecule has 1 heterocycles. The number of nitro groups is 1. The summed E-state index contributed by atoms with van der Waals surface area (Å²) in [7, 11) is 0. The molecule has 0 bridgehead atoms. The normalized spacial score (nSPS) is 18.5. The molecule has 1 saturated heterocycles. The number of ketones is 1. The van der Waals surface area contributed by atoms with E-state index in [0.717, 1.165) is 0 Å². The lowest BCUT2D eigenvalue weighted by atomic mass is 10.0. The number of nitrogens with one attached hydrogen (secondary N) is 1. The van der Waals surface area contributed by atoms with Gasteiger partial charge < -0.3 is 10.2 Å². The van der Waals surface area contributed by atoms with Crippen LogP contribution in [-0.2, 0) is 0 Å². The maximum Gasteiger partial charge on any atom is 0.401 e. The lowest BCUT2D eigenvalue weighted by molar-refractivity contribution is -0.384. The van der Waals surface area contributed by atoms with Gasteiger partial charge in [-0.25, -0.2) is 0 Å². The second-order valence-corrected chi connectivity index (χ2v) is 5.80. The Morgan fingerprint density at radius 3 is 2.75 bits per heavy atom. The van der Waals surface area contributed by atoms with Crippen molar-refractivity contribution in [2.24, 2.45) is 0 Å². The van der Waals surface area contributed by atoms with Gasteiger partial charge >= 0.3 is 6.18 Å². The molecule has 0 spiro atoms. The molecule has 1 N–H and O–H groups in total. The van der Waals surface area contributed by atoms with Crippen LogP contribution in [0.25, 0.3) is 0 Å². The Labute approximate surface area is 136 Å². The first-order valence-electron chi connectivity index (χ1n) is 7.52. The van der Waals surface area contributed by atoms with Gasteiger partial charge in [0.25, 0.3) is 5.69 Å². The third kappa shape index (κ3) is 4.67. The number of rotatable bonds is 5. The summed E-state index contributed by atoms with van der Waals surface area (Å²) in [6, 6.07) is 3.80. The summed E-state index contributed by atoms with van der Waals surface area (Å²) in [5, 5.41) is 13.7. The number of nitro benzene ring substituents is 1. The van der Waals surface area contributed by atoms with Crippen LogP contribution in [0.15, 0.2) is 18.2 Å². The molecule has 0 aliphatic carbocycles. The predicted octanol–water partition coefficient (Wildman–Crippen LogP) is 2.92. The van der Waals surface area contributed by atoms with E-state index in [-0.39, 0.29) is 23.6 Å².